The number of aromatic hydroxyl groups is 1. The summed E-state index contributed by atoms with van der Waals surface area (Å²) in [6.07, 6.45) is 3.15. The van der Waals surface area contributed by atoms with Crippen molar-refractivity contribution in [2.75, 3.05) is 0 Å². The van der Waals surface area contributed by atoms with Gasteiger partial charge in [0.15, 0.2) is 0 Å². The molecule has 1 N–H and O–H groups in total. The van der Waals surface area contributed by atoms with Crippen LogP contribution in [0.1, 0.15) is 5.56 Å². The number of nitrogens with zero attached hydrogens (tertiary/aromatic N) is 2. The molecule has 0 radical (unpaired) electrons. The molecule has 3 aromatic rings. The fourth-order valence-electron chi connectivity index (χ4n) is 2.14. The van der Waals surface area contributed by atoms with E-state index in [1.165, 1.54) is 11.9 Å². The molecule has 0 atom stereocenters. The standard InChI is InChI=1S/C15H12N2O/c1-10-4-2-3-5-13(10)11-6-12-8-16-9-17-15(12)14(18)7-11/h2-9,18H,1H3. The lowest BCUT2D eigenvalue weighted by atomic mass is 9.99. The first-order valence-corrected chi connectivity index (χ1v) is 5.74. The van der Waals surface area contributed by atoms with E-state index in [1.54, 1.807) is 12.3 Å². The molecular formula is C15H12N2O. The summed E-state index contributed by atoms with van der Waals surface area (Å²) in [5.41, 5.74) is 3.85. The highest BCUT2D eigenvalue weighted by atomic mass is 16.3. The zero-order valence-electron chi connectivity index (χ0n) is 9.96. The Bertz CT molecular complexity index is 723. The van der Waals surface area contributed by atoms with Crippen LogP contribution in [0.3, 0.4) is 0 Å². The van der Waals surface area contributed by atoms with Crippen LogP contribution in [0.5, 0.6) is 5.75 Å². The molecule has 0 bridgehead atoms. The van der Waals surface area contributed by atoms with Crippen LogP contribution in [0, 0.1) is 6.92 Å². The van der Waals surface area contributed by atoms with E-state index in [9.17, 15) is 5.11 Å². The second-order valence-electron chi connectivity index (χ2n) is 4.27. The van der Waals surface area contributed by atoms with Gasteiger partial charge in [0.25, 0.3) is 0 Å². The van der Waals surface area contributed by atoms with Crippen molar-refractivity contribution in [3.05, 3.63) is 54.5 Å². The fraction of sp³-hybridized carbons (Fsp3) is 0.0667. The van der Waals surface area contributed by atoms with Gasteiger partial charge < -0.3 is 5.11 Å². The summed E-state index contributed by atoms with van der Waals surface area (Å²) in [7, 11) is 0. The quantitative estimate of drug-likeness (QED) is 0.705. The number of hydrogen-bond donors (Lipinski definition) is 1. The van der Waals surface area contributed by atoms with Crippen molar-refractivity contribution < 1.29 is 5.11 Å². The van der Waals surface area contributed by atoms with Gasteiger partial charge in [-0.15, -0.1) is 0 Å². The minimum Gasteiger partial charge on any atom is -0.506 e. The highest BCUT2D eigenvalue weighted by Crippen LogP contribution is 2.31. The van der Waals surface area contributed by atoms with Crippen LogP contribution in [-0.2, 0) is 0 Å². The third-order valence-corrected chi connectivity index (χ3v) is 3.04. The maximum Gasteiger partial charge on any atom is 0.142 e. The minimum absolute atomic E-state index is 0.188. The second kappa shape index (κ2) is 4.11. The lowest BCUT2D eigenvalue weighted by Gasteiger charge is -2.08. The summed E-state index contributed by atoms with van der Waals surface area (Å²) in [6, 6.07) is 11.8. The van der Waals surface area contributed by atoms with Crippen molar-refractivity contribution in [3.63, 3.8) is 0 Å². The van der Waals surface area contributed by atoms with E-state index >= 15 is 0 Å². The smallest absolute Gasteiger partial charge is 0.142 e. The maximum atomic E-state index is 10.0. The van der Waals surface area contributed by atoms with Crippen molar-refractivity contribution in [3.8, 4) is 16.9 Å². The topological polar surface area (TPSA) is 46.0 Å². The Morgan fingerprint density at radius 2 is 1.94 bits per heavy atom. The largest absolute Gasteiger partial charge is 0.506 e. The Labute approximate surface area is 105 Å². The van der Waals surface area contributed by atoms with Crippen LogP contribution < -0.4 is 0 Å². The molecule has 0 aliphatic carbocycles. The summed E-state index contributed by atoms with van der Waals surface area (Å²) < 4.78 is 0. The van der Waals surface area contributed by atoms with Gasteiger partial charge in [0.05, 0.1) is 0 Å². The van der Waals surface area contributed by atoms with Crippen LogP contribution in [0.4, 0.5) is 0 Å². The van der Waals surface area contributed by atoms with Crippen molar-refractivity contribution in [1.29, 1.82) is 0 Å². The van der Waals surface area contributed by atoms with Crippen molar-refractivity contribution >= 4 is 10.9 Å². The van der Waals surface area contributed by atoms with Crippen molar-refractivity contribution in [1.82, 2.24) is 9.97 Å². The Morgan fingerprint density at radius 3 is 2.78 bits per heavy atom. The van der Waals surface area contributed by atoms with Crippen molar-refractivity contribution in [2.24, 2.45) is 0 Å². The molecule has 0 aliphatic rings. The fourth-order valence-corrected chi connectivity index (χ4v) is 2.14. The molecular weight excluding hydrogens is 224 g/mol. The number of aryl methyl sites for hydroxylation is 1. The van der Waals surface area contributed by atoms with E-state index in [4.69, 9.17) is 0 Å². The summed E-state index contributed by atoms with van der Waals surface area (Å²) in [4.78, 5) is 8.07. The number of fused-ring (bicyclic) bond motifs is 1. The number of benzene rings is 2. The molecule has 88 valence electrons. The van der Waals surface area contributed by atoms with Gasteiger partial charge in [0.2, 0.25) is 0 Å². The molecule has 3 nitrogen and oxygen atoms in total. The number of phenolic OH excluding ortho intramolecular Hbond substituents is 1. The lowest BCUT2D eigenvalue weighted by Crippen LogP contribution is -1.86. The minimum atomic E-state index is 0.188. The Morgan fingerprint density at radius 1 is 1.11 bits per heavy atom. The molecule has 0 spiro atoms. The predicted molar refractivity (Wildman–Crippen MR) is 71.4 cm³/mol. The zero-order chi connectivity index (χ0) is 12.5. The summed E-state index contributed by atoms with van der Waals surface area (Å²) >= 11 is 0. The highest BCUT2D eigenvalue weighted by Gasteiger charge is 2.07. The average molecular weight is 236 g/mol. The van der Waals surface area contributed by atoms with Gasteiger partial charge in [0.1, 0.15) is 17.6 Å². The van der Waals surface area contributed by atoms with Crippen molar-refractivity contribution in [2.45, 2.75) is 6.92 Å². The molecule has 0 unspecified atom stereocenters. The first kappa shape index (κ1) is 10.7. The predicted octanol–water partition coefficient (Wildman–Crippen LogP) is 3.31. The average Bonchev–Trinajstić information content (AvgIpc) is 2.39. The Balaban J connectivity index is 2.28. The van der Waals surface area contributed by atoms with Crippen LogP contribution in [0.15, 0.2) is 48.9 Å². The monoisotopic (exact) mass is 236 g/mol. The van der Waals surface area contributed by atoms with E-state index in [-0.39, 0.29) is 5.75 Å². The molecule has 0 fully saturated rings. The van der Waals surface area contributed by atoms with Gasteiger partial charge in [-0.25, -0.2) is 9.97 Å². The number of phenols is 1. The van der Waals surface area contributed by atoms with Crippen LogP contribution >= 0.6 is 0 Å². The maximum absolute atomic E-state index is 10.0. The van der Waals surface area contributed by atoms with Crippen LogP contribution in [0.2, 0.25) is 0 Å². The third-order valence-electron chi connectivity index (χ3n) is 3.04. The molecule has 2 aromatic carbocycles. The molecule has 1 aromatic heterocycles. The summed E-state index contributed by atoms with van der Waals surface area (Å²) in [5, 5.41) is 10.9. The molecule has 1 heterocycles. The molecule has 3 rings (SSSR count). The lowest BCUT2D eigenvalue weighted by molar-refractivity contribution is 0.480. The summed E-state index contributed by atoms with van der Waals surface area (Å²) in [6.45, 7) is 2.05. The second-order valence-corrected chi connectivity index (χ2v) is 4.27. The Kier molecular flexibility index (Phi) is 2.45. The molecule has 0 aliphatic heterocycles. The normalized spacial score (nSPS) is 10.7. The number of aromatic nitrogens is 2. The van der Waals surface area contributed by atoms with Crippen LogP contribution in [-0.4, -0.2) is 15.1 Å². The third kappa shape index (κ3) is 1.70. The van der Waals surface area contributed by atoms with Gasteiger partial charge in [-0.05, 0) is 35.7 Å². The molecule has 0 saturated heterocycles. The van der Waals surface area contributed by atoms with Gasteiger partial charge in [-0.3, -0.25) is 0 Å². The van der Waals surface area contributed by atoms with E-state index < -0.39 is 0 Å². The van der Waals surface area contributed by atoms with E-state index in [0.717, 1.165) is 16.5 Å². The zero-order valence-corrected chi connectivity index (χ0v) is 9.96. The van der Waals surface area contributed by atoms with Crippen LogP contribution in [0.25, 0.3) is 22.0 Å². The Hall–Kier alpha value is -2.42. The SMILES string of the molecule is Cc1ccccc1-c1cc(O)c2ncncc2c1. The first-order chi connectivity index (χ1) is 8.75. The van der Waals surface area contributed by atoms with E-state index in [0.29, 0.717) is 5.52 Å². The summed E-state index contributed by atoms with van der Waals surface area (Å²) in [5.74, 6) is 0.188. The molecule has 0 amide bonds. The van der Waals surface area contributed by atoms with Gasteiger partial charge in [-0.1, -0.05) is 24.3 Å². The first-order valence-electron chi connectivity index (χ1n) is 5.74. The molecule has 18 heavy (non-hydrogen) atoms. The van der Waals surface area contributed by atoms with Gasteiger partial charge in [0, 0.05) is 11.6 Å². The van der Waals surface area contributed by atoms with E-state index in [2.05, 4.69) is 23.0 Å². The van der Waals surface area contributed by atoms with Gasteiger partial charge in [-0.2, -0.15) is 0 Å². The van der Waals surface area contributed by atoms with Gasteiger partial charge >= 0.3 is 0 Å². The van der Waals surface area contributed by atoms with E-state index in [1.807, 2.05) is 24.3 Å². The molecule has 0 saturated carbocycles. The molecule has 3 heteroatoms. The number of rotatable bonds is 1. The number of hydrogen-bond acceptors (Lipinski definition) is 3. The highest BCUT2D eigenvalue weighted by molar-refractivity contribution is 5.89.